The summed E-state index contributed by atoms with van der Waals surface area (Å²) in [5, 5.41) is 0. The molecule has 5 nitrogen and oxygen atoms in total. The molecule has 172 valence electrons. The number of benzene rings is 1. The molecule has 1 fully saturated rings. The zero-order valence-corrected chi connectivity index (χ0v) is 18.5. The number of aromatic nitrogens is 1. The Morgan fingerprint density at radius 1 is 1.19 bits per heavy atom. The van der Waals surface area contributed by atoms with E-state index in [4.69, 9.17) is 9.47 Å². The maximum Gasteiger partial charge on any atom is 0.418 e. The van der Waals surface area contributed by atoms with Gasteiger partial charge in [-0.3, -0.25) is 9.78 Å². The van der Waals surface area contributed by atoms with Crippen molar-refractivity contribution in [3.8, 4) is 11.5 Å². The van der Waals surface area contributed by atoms with E-state index in [0.717, 1.165) is 43.2 Å². The Morgan fingerprint density at radius 2 is 1.91 bits per heavy atom. The Labute approximate surface area is 185 Å². The molecule has 32 heavy (non-hydrogen) atoms. The Bertz CT molecular complexity index is 1010. The lowest BCUT2D eigenvalue weighted by atomic mass is 9.95. The third kappa shape index (κ3) is 4.02. The van der Waals surface area contributed by atoms with Crippen LogP contribution in [-0.2, 0) is 19.0 Å². The smallest absolute Gasteiger partial charge is 0.418 e. The number of carbonyl (C=O) groups excluding carboxylic acids is 1. The lowest BCUT2D eigenvalue weighted by Gasteiger charge is -2.34. The van der Waals surface area contributed by atoms with Gasteiger partial charge in [0.25, 0.3) is 0 Å². The number of nitrogens with zero attached hydrogens (tertiary/aromatic N) is 2. The van der Waals surface area contributed by atoms with Crippen LogP contribution in [0.5, 0.6) is 11.5 Å². The lowest BCUT2D eigenvalue weighted by Crippen LogP contribution is -2.34. The van der Waals surface area contributed by atoms with Crippen molar-refractivity contribution in [3.05, 3.63) is 46.8 Å². The van der Waals surface area contributed by atoms with Crippen molar-refractivity contribution in [1.82, 2.24) is 4.98 Å². The molecule has 1 aliphatic carbocycles. The second-order valence-electron chi connectivity index (χ2n) is 8.62. The minimum atomic E-state index is -4.51. The number of anilines is 1. The number of fused-ring (bicyclic) bond motifs is 1. The fourth-order valence-electron chi connectivity index (χ4n) is 4.82. The maximum absolute atomic E-state index is 13.5. The van der Waals surface area contributed by atoms with Gasteiger partial charge in [0.1, 0.15) is 0 Å². The normalized spacial score (nSPS) is 19.2. The van der Waals surface area contributed by atoms with Crippen LogP contribution >= 0.6 is 0 Å². The number of halogens is 3. The zero-order valence-electron chi connectivity index (χ0n) is 18.5. The van der Waals surface area contributed by atoms with Gasteiger partial charge in [0, 0.05) is 37.2 Å². The standard InChI is InChI=1S/C24H27F3N2O3/c1-14-6-9-29(10-7-14)21-16-11-15(12-19-18(24(25,26)27)5-4-8-28-19)22(30)17(16)13-20(31-2)23(21)32-3/h4-5,8,13-15H,6-7,9-12H2,1-3H3. The molecule has 8 heteroatoms. The van der Waals surface area contributed by atoms with Gasteiger partial charge in [0.05, 0.1) is 31.2 Å². The summed E-state index contributed by atoms with van der Waals surface area (Å²) in [5.41, 5.74) is 1.28. The van der Waals surface area contributed by atoms with E-state index in [1.54, 1.807) is 13.2 Å². The van der Waals surface area contributed by atoms with Gasteiger partial charge in [0.15, 0.2) is 17.3 Å². The quantitative estimate of drug-likeness (QED) is 0.648. The predicted molar refractivity (Wildman–Crippen MR) is 115 cm³/mol. The largest absolute Gasteiger partial charge is 0.493 e. The molecule has 2 aromatic rings. The van der Waals surface area contributed by atoms with E-state index in [9.17, 15) is 18.0 Å². The van der Waals surface area contributed by atoms with Gasteiger partial charge in [0.2, 0.25) is 0 Å². The monoisotopic (exact) mass is 448 g/mol. The number of rotatable bonds is 5. The van der Waals surface area contributed by atoms with Crippen LogP contribution < -0.4 is 14.4 Å². The van der Waals surface area contributed by atoms with Crippen molar-refractivity contribution in [2.24, 2.45) is 11.8 Å². The number of ether oxygens (including phenoxy) is 2. The average Bonchev–Trinajstić information content (AvgIpc) is 3.07. The number of Topliss-reactive ketones (excluding diaryl/α,β-unsaturated/α-hetero) is 1. The summed E-state index contributed by atoms with van der Waals surface area (Å²) in [5.74, 6) is 0.868. The van der Waals surface area contributed by atoms with Crippen molar-refractivity contribution in [2.75, 3.05) is 32.2 Å². The molecule has 1 atom stereocenters. The van der Waals surface area contributed by atoms with Crippen molar-refractivity contribution >= 4 is 11.5 Å². The van der Waals surface area contributed by atoms with E-state index in [1.165, 1.54) is 19.4 Å². The molecule has 0 radical (unpaired) electrons. The van der Waals surface area contributed by atoms with Crippen LogP contribution in [-0.4, -0.2) is 38.1 Å². The molecule has 1 aromatic heterocycles. The highest BCUT2D eigenvalue weighted by atomic mass is 19.4. The van der Waals surface area contributed by atoms with Crippen LogP contribution in [0.15, 0.2) is 24.4 Å². The van der Waals surface area contributed by atoms with Crippen LogP contribution in [0.4, 0.5) is 18.9 Å². The van der Waals surface area contributed by atoms with E-state index in [1.807, 2.05) is 0 Å². The summed E-state index contributed by atoms with van der Waals surface area (Å²) in [6.07, 6.45) is -0.845. The van der Waals surface area contributed by atoms with E-state index < -0.39 is 17.7 Å². The van der Waals surface area contributed by atoms with Crippen LogP contribution in [0.3, 0.4) is 0 Å². The van der Waals surface area contributed by atoms with Gasteiger partial charge in [-0.1, -0.05) is 6.92 Å². The number of carbonyl (C=O) groups is 1. The molecule has 2 aliphatic rings. The molecule has 2 heterocycles. The Morgan fingerprint density at radius 3 is 2.53 bits per heavy atom. The maximum atomic E-state index is 13.5. The van der Waals surface area contributed by atoms with Gasteiger partial charge < -0.3 is 14.4 Å². The zero-order chi connectivity index (χ0) is 23.0. The summed E-state index contributed by atoms with van der Waals surface area (Å²) in [6.45, 7) is 3.87. The highest BCUT2D eigenvalue weighted by Gasteiger charge is 2.40. The number of pyridine rings is 1. The minimum absolute atomic E-state index is 0.0652. The molecule has 1 saturated heterocycles. The number of ketones is 1. The Kier molecular flexibility index (Phi) is 6.05. The molecule has 4 rings (SSSR count). The topological polar surface area (TPSA) is 51.7 Å². The van der Waals surface area contributed by atoms with Crippen LogP contribution in [0.25, 0.3) is 0 Å². The van der Waals surface area contributed by atoms with Gasteiger partial charge >= 0.3 is 6.18 Å². The summed E-state index contributed by atoms with van der Waals surface area (Å²) >= 11 is 0. The lowest BCUT2D eigenvalue weighted by molar-refractivity contribution is -0.138. The summed E-state index contributed by atoms with van der Waals surface area (Å²) in [7, 11) is 3.09. The molecule has 1 aliphatic heterocycles. The van der Waals surface area contributed by atoms with Crippen LogP contribution in [0.1, 0.15) is 46.9 Å². The molecular weight excluding hydrogens is 421 g/mol. The summed E-state index contributed by atoms with van der Waals surface area (Å²) in [6, 6.07) is 3.94. The van der Waals surface area contributed by atoms with Crippen molar-refractivity contribution in [1.29, 1.82) is 0 Å². The van der Waals surface area contributed by atoms with Crippen LogP contribution in [0, 0.1) is 11.8 Å². The molecule has 1 aromatic carbocycles. The second kappa shape index (κ2) is 8.64. The fraction of sp³-hybridized carbons (Fsp3) is 0.500. The van der Waals surface area contributed by atoms with Gasteiger partial charge in [-0.05, 0) is 48.9 Å². The van der Waals surface area contributed by atoms with E-state index >= 15 is 0 Å². The number of hydrogen-bond acceptors (Lipinski definition) is 5. The molecule has 0 spiro atoms. The number of hydrogen-bond donors (Lipinski definition) is 0. The first kappa shape index (κ1) is 22.4. The first-order valence-electron chi connectivity index (χ1n) is 10.8. The highest BCUT2D eigenvalue weighted by Crippen LogP contribution is 2.48. The van der Waals surface area contributed by atoms with E-state index in [2.05, 4.69) is 16.8 Å². The predicted octanol–water partition coefficient (Wildman–Crippen LogP) is 4.95. The average molecular weight is 448 g/mol. The second-order valence-corrected chi connectivity index (χ2v) is 8.62. The number of alkyl halides is 3. The first-order valence-corrected chi connectivity index (χ1v) is 10.8. The molecule has 0 N–H and O–H groups in total. The van der Waals surface area contributed by atoms with Crippen LogP contribution in [0.2, 0.25) is 0 Å². The van der Waals surface area contributed by atoms with Crippen molar-refractivity contribution in [3.63, 3.8) is 0 Å². The Balaban J connectivity index is 1.73. The van der Waals surface area contributed by atoms with Crippen molar-refractivity contribution in [2.45, 2.75) is 38.8 Å². The molecule has 1 unspecified atom stereocenters. The number of piperidine rings is 1. The van der Waals surface area contributed by atoms with E-state index in [0.29, 0.717) is 29.4 Å². The summed E-state index contributed by atoms with van der Waals surface area (Å²) < 4.78 is 51.6. The third-order valence-electron chi connectivity index (χ3n) is 6.57. The fourth-order valence-corrected chi connectivity index (χ4v) is 4.82. The SMILES string of the molecule is COc1cc2c(c(N3CCC(C)CC3)c1OC)CC(Cc1ncccc1C(F)(F)F)C2=O. The third-order valence-corrected chi connectivity index (χ3v) is 6.57. The van der Waals surface area contributed by atoms with Crippen molar-refractivity contribution < 1.29 is 27.4 Å². The summed E-state index contributed by atoms with van der Waals surface area (Å²) in [4.78, 5) is 19.5. The van der Waals surface area contributed by atoms with Gasteiger partial charge in [-0.15, -0.1) is 0 Å². The highest BCUT2D eigenvalue weighted by molar-refractivity contribution is 6.05. The Hall–Kier alpha value is -2.77. The number of methoxy groups -OCH3 is 2. The minimum Gasteiger partial charge on any atom is -0.493 e. The molecule has 0 bridgehead atoms. The molecule has 0 saturated carbocycles. The molecule has 0 amide bonds. The first-order chi connectivity index (χ1) is 15.2. The van der Waals surface area contributed by atoms with E-state index in [-0.39, 0.29) is 17.9 Å². The van der Waals surface area contributed by atoms with Gasteiger partial charge in [-0.2, -0.15) is 13.2 Å². The molecular formula is C24H27F3N2O3. The van der Waals surface area contributed by atoms with Gasteiger partial charge in [-0.25, -0.2) is 0 Å².